The summed E-state index contributed by atoms with van der Waals surface area (Å²) in [5.74, 6) is -0.340. The highest BCUT2D eigenvalue weighted by atomic mass is 79.9. The van der Waals surface area contributed by atoms with E-state index in [0.717, 1.165) is 4.47 Å². The Hall–Kier alpha value is -2.45. The van der Waals surface area contributed by atoms with Crippen LogP contribution in [-0.2, 0) is 15.1 Å². The summed E-state index contributed by atoms with van der Waals surface area (Å²) in [4.78, 5) is 31.4. The van der Waals surface area contributed by atoms with E-state index < -0.39 is 11.5 Å². The maximum absolute atomic E-state index is 13.1. The van der Waals surface area contributed by atoms with E-state index in [2.05, 4.69) is 20.9 Å². The lowest BCUT2D eigenvalue weighted by atomic mass is 9.90. The molecule has 3 aromatic rings. The highest BCUT2D eigenvalue weighted by Crippen LogP contribution is 2.32. The van der Waals surface area contributed by atoms with Gasteiger partial charge < -0.3 is 14.1 Å². The van der Waals surface area contributed by atoms with Gasteiger partial charge in [-0.1, -0.05) is 28.1 Å². The molecule has 1 aromatic carbocycles. The molecule has 2 aromatic heterocycles. The maximum Gasteiger partial charge on any atom is 0.336 e. The van der Waals surface area contributed by atoms with Crippen molar-refractivity contribution in [3.63, 3.8) is 0 Å². The van der Waals surface area contributed by atoms with Crippen LogP contribution in [0.2, 0.25) is 0 Å². The first kappa shape index (κ1) is 19.3. The second-order valence-electron chi connectivity index (χ2n) is 5.95. The monoisotopic (exact) mass is 448 g/mol. The number of carbonyl (C=O) groups is 2. The zero-order chi connectivity index (χ0) is 19.6. The number of hydrogen-bond donors (Lipinski definition) is 0. The molecule has 1 unspecified atom stereocenters. The highest BCUT2D eigenvalue weighted by Gasteiger charge is 2.43. The Morgan fingerprint density at radius 3 is 2.56 bits per heavy atom. The number of aromatic nitrogens is 1. The van der Waals surface area contributed by atoms with Gasteiger partial charge in [-0.05, 0) is 36.8 Å². The predicted octanol–water partition coefficient (Wildman–Crippen LogP) is 4.33. The van der Waals surface area contributed by atoms with Crippen LogP contribution >= 0.6 is 27.3 Å². The summed E-state index contributed by atoms with van der Waals surface area (Å²) >= 11 is 4.68. The van der Waals surface area contributed by atoms with E-state index in [0.29, 0.717) is 16.3 Å². The lowest BCUT2D eigenvalue weighted by molar-refractivity contribution is -0.152. The van der Waals surface area contributed by atoms with Crippen molar-refractivity contribution in [3.8, 4) is 10.8 Å². The van der Waals surface area contributed by atoms with Crippen molar-refractivity contribution in [1.82, 2.24) is 9.88 Å². The summed E-state index contributed by atoms with van der Waals surface area (Å²) in [6, 6.07) is 10.7. The molecule has 0 fully saturated rings. The van der Waals surface area contributed by atoms with Crippen LogP contribution in [0.5, 0.6) is 0 Å². The fraction of sp³-hybridized carbons (Fsp3) is 0.211. The van der Waals surface area contributed by atoms with Gasteiger partial charge in [-0.15, -0.1) is 11.3 Å². The van der Waals surface area contributed by atoms with Gasteiger partial charge in [0.25, 0.3) is 5.91 Å². The molecule has 0 saturated heterocycles. The molecule has 140 valence electrons. The zero-order valence-corrected chi connectivity index (χ0v) is 17.3. The minimum Gasteiger partial charge on any atom is -0.467 e. The van der Waals surface area contributed by atoms with Crippen molar-refractivity contribution < 1.29 is 18.7 Å². The number of nitrogens with zero attached hydrogens (tertiary/aromatic N) is 2. The fourth-order valence-electron chi connectivity index (χ4n) is 2.68. The number of thiazole rings is 1. The number of likely N-dealkylation sites (N-methyl/N-ethyl adjacent to an activating group) is 1. The topological polar surface area (TPSA) is 72.6 Å². The fourth-order valence-corrected chi connectivity index (χ4v) is 3.71. The van der Waals surface area contributed by atoms with Crippen LogP contribution in [0.1, 0.15) is 23.0 Å². The first-order valence-electron chi connectivity index (χ1n) is 8.00. The summed E-state index contributed by atoms with van der Waals surface area (Å²) in [5, 5.41) is 2.25. The second-order valence-corrected chi connectivity index (χ2v) is 7.72. The van der Waals surface area contributed by atoms with Crippen molar-refractivity contribution in [2.24, 2.45) is 0 Å². The molecule has 0 radical (unpaired) electrons. The minimum atomic E-state index is -1.30. The molecule has 0 aliphatic heterocycles. The van der Waals surface area contributed by atoms with Crippen LogP contribution in [0.15, 0.2) is 56.9 Å². The van der Waals surface area contributed by atoms with E-state index in [1.54, 1.807) is 49.9 Å². The average molecular weight is 449 g/mol. The first-order valence-corrected chi connectivity index (χ1v) is 9.67. The third kappa shape index (κ3) is 3.54. The molecule has 0 spiro atoms. The normalized spacial score (nSPS) is 13.0. The summed E-state index contributed by atoms with van der Waals surface area (Å²) in [5.41, 5.74) is -0.433. The molecule has 1 atom stereocenters. The van der Waals surface area contributed by atoms with Crippen molar-refractivity contribution in [2.45, 2.75) is 12.5 Å². The number of furan rings is 1. The molecule has 6 nitrogen and oxygen atoms in total. The number of hydrogen-bond acceptors (Lipinski definition) is 6. The van der Waals surface area contributed by atoms with Gasteiger partial charge in [0.1, 0.15) is 5.69 Å². The van der Waals surface area contributed by atoms with E-state index in [-0.39, 0.29) is 11.6 Å². The molecule has 3 rings (SSSR count). The van der Waals surface area contributed by atoms with Gasteiger partial charge in [-0.2, -0.15) is 0 Å². The Morgan fingerprint density at radius 2 is 1.96 bits per heavy atom. The molecular formula is C19H17BrN2O4S. The summed E-state index contributed by atoms with van der Waals surface area (Å²) in [6.07, 6.45) is 1.55. The van der Waals surface area contributed by atoms with Gasteiger partial charge in [0, 0.05) is 16.9 Å². The number of methoxy groups -OCH3 is 1. The standard InChI is InChI=1S/C19H17BrN2O4S/c1-19(18(24)25-3,12-6-8-13(20)9-7-12)22(2)17(23)14-11-27-16(21-14)15-5-4-10-26-15/h4-11H,1-3H3. The molecule has 2 heterocycles. The summed E-state index contributed by atoms with van der Waals surface area (Å²) in [6.45, 7) is 1.65. The largest absolute Gasteiger partial charge is 0.467 e. The smallest absolute Gasteiger partial charge is 0.336 e. The number of benzene rings is 1. The van der Waals surface area contributed by atoms with Crippen LogP contribution in [0.3, 0.4) is 0 Å². The molecule has 0 N–H and O–H groups in total. The van der Waals surface area contributed by atoms with E-state index >= 15 is 0 Å². The van der Waals surface area contributed by atoms with Crippen LogP contribution in [0.4, 0.5) is 0 Å². The maximum atomic E-state index is 13.1. The Morgan fingerprint density at radius 1 is 1.26 bits per heavy atom. The number of halogens is 1. The molecule has 0 aliphatic carbocycles. The minimum absolute atomic E-state index is 0.237. The van der Waals surface area contributed by atoms with Crippen molar-refractivity contribution in [2.75, 3.05) is 14.2 Å². The second kappa shape index (κ2) is 7.66. The number of rotatable bonds is 5. The van der Waals surface area contributed by atoms with Gasteiger partial charge in [0.2, 0.25) is 0 Å². The number of carbonyl (C=O) groups excluding carboxylic acids is 2. The van der Waals surface area contributed by atoms with E-state index in [9.17, 15) is 9.59 Å². The van der Waals surface area contributed by atoms with Crippen molar-refractivity contribution in [3.05, 3.63) is 63.8 Å². The average Bonchev–Trinajstić information content (AvgIpc) is 3.37. The Bertz CT molecular complexity index is 953. The zero-order valence-electron chi connectivity index (χ0n) is 14.9. The number of esters is 1. The lowest BCUT2D eigenvalue weighted by Crippen LogP contribution is -2.51. The first-order chi connectivity index (χ1) is 12.9. The molecule has 27 heavy (non-hydrogen) atoms. The molecule has 0 aliphatic rings. The Labute approximate surface area is 168 Å². The Kier molecular flexibility index (Phi) is 5.48. The molecule has 1 amide bonds. The van der Waals surface area contributed by atoms with Gasteiger partial charge >= 0.3 is 5.97 Å². The molecular weight excluding hydrogens is 432 g/mol. The van der Waals surface area contributed by atoms with E-state index in [4.69, 9.17) is 9.15 Å². The SMILES string of the molecule is COC(=O)C(C)(c1ccc(Br)cc1)N(C)C(=O)c1csc(-c2ccco2)n1. The van der Waals surface area contributed by atoms with Crippen molar-refractivity contribution in [1.29, 1.82) is 0 Å². The van der Waals surface area contributed by atoms with Gasteiger partial charge in [0.05, 0.1) is 13.4 Å². The number of ether oxygens (including phenoxy) is 1. The van der Waals surface area contributed by atoms with Gasteiger partial charge in [-0.3, -0.25) is 4.79 Å². The quantitative estimate of drug-likeness (QED) is 0.543. The molecule has 0 bridgehead atoms. The summed E-state index contributed by atoms with van der Waals surface area (Å²) in [7, 11) is 2.86. The van der Waals surface area contributed by atoms with Gasteiger partial charge in [-0.25, -0.2) is 9.78 Å². The van der Waals surface area contributed by atoms with Crippen LogP contribution in [0.25, 0.3) is 10.8 Å². The molecule has 0 saturated carbocycles. The Balaban J connectivity index is 1.96. The summed E-state index contributed by atoms with van der Waals surface area (Å²) < 4.78 is 11.2. The molecule has 8 heteroatoms. The lowest BCUT2D eigenvalue weighted by Gasteiger charge is -2.36. The third-order valence-electron chi connectivity index (χ3n) is 4.42. The van der Waals surface area contributed by atoms with Crippen LogP contribution < -0.4 is 0 Å². The predicted molar refractivity (Wildman–Crippen MR) is 105 cm³/mol. The van der Waals surface area contributed by atoms with Crippen LogP contribution in [-0.4, -0.2) is 35.9 Å². The number of amides is 1. The third-order valence-corrected chi connectivity index (χ3v) is 5.81. The van der Waals surface area contributed by atoms with Crippen molar-refractivity contribution >= 4 is 39.1 Å². The van der Waals surface area contributed by atoms with Gasteiger partial charge in [0.15, 0.2) is 16.3 Å². The van der Waals surface area contributed by atoms with E-state index in [1.807, 2.05) is 12.1 Å². The van der Waals surface area contributed by atoms with Crippen LogP contribution in [0, 0.1) is 0 Å². The highest BCUT2D eigenvalue weighted by molar-refractivity contribution is 9.10. The van der Waals surface area contributed by atoms with E-state index in [1.165, 1.54) is 23.3 Å².